The predicted octanol–water partition coefficient (Wildman–Crippen LogP) is 4.52. The Labute approximate surface area is 163 Å². The SMILES string of the molecule is CC.CC(Nc1nc(C(=O)N2CCCC2)c2sccc2n1)c1cccnc1. The maximum Gasteiger partial charge on any atom is 0.274 e. The molecule has 1 amide bonds. The van der Waals surface area contributed by atoms with Crippen molar-refractivity contribution in [2.24, 2.45) is 0 Å². The summed E-state index contributed by atoms with van der Waals surface area (Å²) in [6.45, 7) is 7.65. The van der Waals surface area contributed by atoms with Crippen LogP contribution in [0.5, 0.6) is 0 Å². The van der Waals surface area contributed by atoms with Crippen molar-refractivity contribution in [1.82, 2.24) is 19.9 Å². The third-order valence-corrected chi connectivity index (χ3v) is 5.34. The lowest BCUT2D eigenvalue weighted by Crippen LogP contribution is -2.28. The molecule has 0 bridgehead atoms. The van der Waals surface area contributed by atoms with Crippen LogP contribution in [-0.4, -0.2) is 38.8 Å². The van der Waals surface area contributed by atoms with E-state index in [9.17, 15) is 4.79 Å². The molecule has 1 N–H and O–H groups in total. The van der Waals surface area contributed by atoms with Gasteiger partial charge in [-0.15, -0.1) is 11.3 Å². The van der Waals surface area contributed by atoms with Crippen molar-refractivity contribution in [2.45, 2.75) is 39.7 Å². The highest BCUT2D eigenvalue weighted by Gasteiger charge is 2.24. The highest BCUT2D eigenvalue weighted by molar-refractivity contribution is 7.17. The van der Waals surface area contributed by atoms with Gasteiger partial charge in [-0.3, -0.25) is 9.78 Å². The van der Waals surface area contributed by atoms with Gasteiger partial charge in [0, 0.05) is 25.5 Å². The van der Waals surface area contributed by atoms with Gasteiger partial charge in [-0.2, -0.15) is 0 Å². The summed E-state index contributed by atoms with van der Waals surface area (Å²) in [5.74, 6) is 0.481. The van der Waals surface area contributed by atoms with E-state index in [-0.39, 0.29) is 11.9 Å². The molecule has 1 unspecified atom stereocenters. The number of carbonyl (C=O) groups excluding carboxylic acids is 1. The Hall–Kier alpha value is -2.54. The Morgan fingerprint density at radius 3 is 2.70 bits per heavy atom. The van der Waals surface area contributed by atoms with Gasteiger partial charge in [-0.25, -0.2) is 9.97 Å². The molecule has 1 fully saturated rings. The number of fused-ring (bicyclic) bond motifs is 1. The van der Waals surface area contributed by atoms with E-state index in [1.54, 1.807) is 6.20 Å². The summed E-state index contributed by atoms with van der Waals surface area (Å²) in [4.78, 5) is 28.0. The molecule has 3 aromatic rings. The number of nitrogens with one attached hydrogen (secondary N) is 1. The second-order valence-electron chi connectivity index (χ2n) is 6.18. The first-order valence-corrected chi connectivity index (χ1v) is 10.3. The van der Waals surface area contributed by atoms with Crippen molar-refractivity contribution in [3.05, 3.63) is 47.2 Å². The van der Waals surface area contributed by atoms with Gasteiger partial charge < -0.3 is 10.2 Å². The van der Waals surface area contributed by atoms with Crippen LogP contribution >= 0.6 is 11.3 Å². The molecular formula is C20H25N5OS. The van der Waals surface area contributed by atoms with E-state index in [2.05, 4.69) is 20.3 Å². The highest BCUT2D eigenvalue weighted by Crippen LogP contribution is 2.27. The van der Waals surface area contributed by atoms with E-state index in [0.29, 0.717) is 11.6 Å². The van der Waals surface area contributed by atoms with Gasteiger partial charge in [0.2, 0.25) is 5.95 Å². The predicted molar refractivity (Wildman–Crippen MR) is 110 cm³/mol. The number of thiophene rings is 1. The van der Waals surface area contributed by atoms with Crippen LogP contribution in [0.3, 0.4) is 0 Å². The quantitative estimate of drug-likeness (QED) is 0.717. The molecule has 1 aliphatic heterocycles. The summed E-state index contributed by atoms with van der Waals surface area (Å²) < 4.78 is 0.858. The van der Waals surface area contributed by atoms with Crippen molar-refractivity contribution >= 4 is 33.4 Å². The Kier molecular flexibility index (Phi) is 6.34. The molecule has 0 aliphatic carbocycles. The fourth-order valence-corrected chi connectivity index (χ4v) is 3.86. The third-order valence-electron chi connectivity index (χ3n) is 4.43. The van der Waals surface area contributed by atoms with Crippen molar-refractivity contribution in [1.29, 1.82) is 0 Å². The summed E-state index contributed by atoms with van der Waals surface area (Å²) >= 11 is 1.51. The van der Waals surface area contributed by atoms with Gasteiger partial charge in [0.05, 0.1) is 16.3 Å². The van der Waals surface area contributed by atoms with E-state index in [1.165, 1.54) is 11.3 Å². The van der Waals surface area contributed by atoms with Crippen LogP contribution in [0.2, 0.25) is 0 Å². The van der Waals surface area contributed by atoms with E-state index < -0.39 is 0 Å². The van der Waals surface area contributed by atoms with Crippen LogP contribution in [-0.2, 0) is 0 Å². The number of likely N-dealkylation sites (tertiary alicyclic amines) is 1. The van der Waals surface area contributed by atoms with E-state index >= 15 is 0 Å². The number of carbonyl (C=O) groups is 1. The molecule has 7 heteroatoms. The lowest BCUT2D eigenvalue weighted by Gasteiger charge is -2.17. The smallest absolute Gasteiger partial charge is 0.274 e. The van der Waals surface area contributed by atoms with E-state index in [0.717, 1.165) is 41.7 Å². The maximum absolute atomic E-state index is 12.9. The zero-order valence-electron chi connectivity index (χ0n) is 16.0. The first-order chi connectivity index (χ1) is 13.2. The lowest BCUT2D eigenvalue weighted by atomic mass is 10.1. The molecule has 0 radical (unpaired) electrons. The van der Waals surface area contributed by atoms with Gasteiger partial charge in [-0.05, 0) is 42.8 Å². The fraction of sp³-hybridized carbons (Fsp3) is 0.400. The van der Waals surface area contributed by atoms with Crippen LogP contribution in [0, 0.1) is 0 Å². The molecule has 27 heavy (non-hydrogen) atoms. The topological polar surface area (TPSA) is 71.0 Å². The van der Waals surface area contributed by atoms with Gasteiger partial charge in [0.15, 0.2) is 5.69 Å². The van der Waals surface area contributed by atoms with E-state index in [1.807, 2.05) is 55.4 Å². The summed E-state index contributed by atoms with van der Waals surface area (Å²) in [7, 11) is 0. The Morgan fingerprint density at radius 1 is 1.22 bits per heavy atom. The molecule has 4 rings (SSSR count). The summed E-state index contributed by atoms with van der Waals surface area (Å²) in [5.41, 5.74) is 2.36. The van der Waals surface area contributed by atoms with Crippen LogP contribution in [0.15, 0.2) is 36.0 Å². The number of amides is 1. The average Bonchev–Trinajstić information content (AvgIpc) is 3.41. The Balaban J connectivity index is 0.00000102. The number of rotatable bonds is 4. The molecule has 1 aliphatic rings. The molecular weight excluding hydrogens is 358 g/mol. The Bertz CT molecular complexity index is 890. The molecule has 0 spiro atoms. The number of nitrogens with zero attached hydrogens (tertiary/aromatic N) is 4. The molecule has 3 aromatic heterocycles. The zero-order chi connectivity index (χ0) is 19.2. The second kappa shape index (κ2) is 8.90. The molecule has 1 saturated heterocycles. The molecule has 142 valence electrons. The van der Waals surface area contributed by atoms with Crippen LogP contribution in [0.25, 0.3) is 10.2 Å². The summed E-state index contributed by atoms with van der Waals surface area (Å²) in [6.07, 6.45) is 5.69. The van der Waals surface area contributed by atoms with Crippen LogP contribution < -0.4 is 5.32 Å². The fourth-order valence-electron chi connectivity index (χ4n) is 3.05. The summed E-state index contributed by atoms with van der Waals surface area (Å²) in [6, 6.07) is 5.84. The van der Waals surface area contributed by atoms with E-state index in [4.69, 9.17) is 0 Å². The van der Waals surface area contributed by atoms with Gasteiger partial charge in [-0.1, -0.05) is 19.9 Å². The molecule has 0 aromatic carbocycles. The average molecular weight is 384 g/mol. The third kappa shape index (κ3) is 4.24. The highest BCUT2D eigenvalue weighted by atomic mass is 32.1. The summed E-state index contributed by atoms with van der Waals surface area (Å²) in [5, 5.41) is 5.25. The monoisotopic (exact) mass is 383 g/mol. The first-order valence-electron chi connectivity index (χ1n) is 9.43. The first kappa shape index (κ1) is 19.2. The minimum absolute atomic E-state index is 0.000440. The van der Waals surface area contributed by atoms with Crippen molar-refractivity contribution in [3.63, 3.8) is 0 Å². The second-order valence-corrected chi connectivity index (χ2v) is 7.10. The number of pyridine rings is 1. The minimum atomic E-state index is -0.000440. The minimum Gasteiger partial charge on any atom is -0.348 e. The maximum atomic E-state index is 12.9. The van der Waals surface area contributed by atoms with Gasteiger partial charge >= 0.3 is 0 Å². The molecule has 4 heterocycles. The number of hydrogen-bond donors (Lipinski definition) is 1. The molecule has 1 atom stereocenters. The normalized spacial score (nSPS) is 14.6. The number of anilines is 1. The van der Waals surface area contributed by atoms with Crippen molar-refractivity contribution < 1.29 is 4.79 Å². The van der Waals surface area contributed by atoms with Crippen molar-refractivity contribution in [3.8, 4) is 0 Å². The number of hydrogen-bond acceptors (Lipinski definition) is 6. The van der Waals surface area contributed by atoms with Crippen molar-refractivity contribution in [2.75, 3.05) is 18.4 Å². The Morgan fingerprint density at radius 2 is 2.00 bits per heavy atom. The van der Waals surface area contributed by atoms with Gasteiger partial charge in [0.1, 0.15) is 0 Å². The largest absolute Gasteiger partial charge is 0.348 e. The van der Waals surface area contributed by atoms with Gasteiger partial charge in [0.25, 0.3) is 5.91 Å². The molecule has 6 nitrogen and oxygen atoms in total. The zero-order valence-corrected chi connectivity index (χ0v) is 16.8. The standard InChI is InChI=1S/C18H19N5OS.C2H6/c1-12(13-5-4-7-19-11-13)20-18-21-14-6-10-25-16(14)15(22-18)17(24)23-8-2-3-9-23;1-2/h4-7,10-12H,2-3,8-9H2,1H3,(H,20,21,22);1-2H3. The number of aromatic nitrogens is 3. The van der Waals surface area contributed by atoms with Crippen LogP contribution in [0.1, 0.15) is 55.7 Å². The molecule has 0 saturated carbocycles. The van der Waals surface area contributed by atoms with Crippen LogP contribution in [0.4, 0.5) is 5.95 Å². The lowest BCUT2D eigenvalue weighted by molar-refractivity contribution is 0.0789.